The maximum absolute atomic E-state index is 9.13. The fourth-order valence-electron chi connectivity index (χ4n) is 1.88. The van der Waals surface area contributed by atoms with Gasteiger partial charge in [-0.15, -0.1) is 0 Å². The van der Waals surface area contributed by atoms with Crippen LogP contribution in [0, 0.1) is 0 Å². The van der Waals surface area contributed by atoms with Crippen molar-refractivity contribution in [3.05, 3.63) is 53.6 Å². The molecule has 0 saturated carbocycles. The van der Waals surface area contributed by atoms with Crippen LogP contribution in [0.15, 0.2) is 42.5 Å². The van der Waals surface area contributed by atoms with Crippen LogP contribution in [0.5, 0.6) is 17.2 Å². The van der Waals surface area contributed by atoms with Crippen LogP contribution < -0.4 is 15.2 Å². The Morgan fingerprint density at radius 1 is 1.15 bits per heavy atom. The van der Waals surface area contributed by atoms with Crippen molar-refractivity contribution in [2.24, 2.45) is 5.73 Å². The first kappa shape index (κ1) is 14.4. The van der Waals surface area contributed by atoms with E-state index in [1.165, 1.54) is 0 Å². The lowest BCUT2D eigenvalue weighted by molar-refractivity contribution is 0.280. The van der Waals surface area contributed by atoms with Gasteiger partial charge in [0.25, 0.3) is 0 Å². The predicted molar refractivity (Wildman–Crippen MR) is 78.0 cm³/mol. The number of hydrogen-bond donors (Lipinski definition) is 2. The van der Waals surface area contributed by atoms with E-state index in [1.807, 2.05) is 31.2 Å². The average Bonchev–Trinajstić information content (AvgIpc) is 2.48. The van der Waals surface area contributed by atoms with Crippen LogP contribution >= 0.6 is 0 Å². The molecule has 2 rings (SSSR count). The normalized spacial score (nSPS) is 12.0. The molecule has 0 aromatic heterocycles. The lowest BCUT2D eigenvalue weighted by Gasteiger charge is -2.13. The van der Waals surface area contributed by atoms with Gasteiger partial charge in [0.15, 0.2) is 11.5 Å². The quantitative estimate of drug-likeness (QED) is 0.879. The van der Waals surface area contributed by atoms with Crippen molar-refractivity contribution in [3.8, 4) is 17.2 Å². The minimum Gasteiger partial charge on any atom is -0.493 e. The summed E-state index contributed by atoms with van der Waals surface area (Å²) in [5, 5.41) is 9.13. The molecule has 0 bridgehead atoms. The summed E-state index contributed by atoms with van der Waals surface area (Å²) in [4.78, 5) is 0. The van der Waals surface area contributed by atoms with E-state index < -0.39 is 0 Å². The number of nitrogens with two attached hydrogens (primary N) is 1. The molecular weight excluding hydrogens is 254 g/mol. The molecule has 0 fully saturated rings. The van der Waals surface area contributed by atoms with Gasteiger partial charge in [0, 0.05) is 6.04 Å². The molecule has 0 amide bonds. The second-order valence-electron chi connectivity index (χ2n) is 4.61. The second-order valence-corrected chi connectivity index (χ2v) is 4.61. The molecule has 2 aromatic rings. The molecule has 0 radical (unpaired) electrons. The molecule has 106 valence electrons. The first-order valence-corrected chi connectivity index (χ1v) is 6.45. The maximum atomic E-state index is 9.13. The highest BCUT2D eigenvalue weighted by atomic mass is 16.5. The number of ether oxygens (including phenoxy) is 2. The molecule has 0 aliphatic heterocycles. The Bertz CT molecular complexity index is 582. The van der Waals surface area contributed by atoms with Gasteiger partial charge in [-0.1, -0.05) is 18.2 Å². The lowest BCUT2D eigenvalue weighted by Crippen LogP contribution is -2.04. The van der Waals surface area contributed by atoms with Crippen LogP contribution in [0.3, 0.4) is 0 Å². The minimum absolute atomic E-state index is 0.0309. The van der Waals surface area contributed by atoms with E-state index in [0.717, 1.165) is 11.1 Å². The number of benzene rings is 2. The number of rotatable bonds is 5. The molecule has 1 atom stereocenters. The second kappa shape index (κ2) is 6.41. The van der Waals surface area contributed by atoms with Crippen LogP contribution in [0.4, 0.5) is 0 Å². The van der Waals surface area contributed by atoms with Gasteiger partial charge < -0.3 is 20.3 Å². The van der Waals surface area contributed by atoms with Crippen LogP contribution in [-0.2, 0) is 6.61 Å². The topological polar surface area (TPSA) is 64.7 Å². The number of methoxy groups -OCH3 is 1. The predicted octanol–water partition coefficient (Wildman–Crippen LogP) is 3.00. The highest BCUT2D eigenvalue weighted by Gasteiger charge is 2.08. The van der Waals surface area contributed by atoms with Gasteiger partial charge in [-0.05, 0) is 42.3 Å². The van der Waals surface area contributed by atoms with E-state index >= 15 is 0 Å². The molecule has 3 N–H and O–H groups in total. The highest BCUT2D eigenvalue weighted by molar-refractivity contribution is 5.45. The lowest BCUT2D eigenvalue weighted by atomic mass is 10.1. The summed E-state index contributed by atoms with van der Waals surface area (Å²) in [5.74, 6) is 1.89. The molecule has 0 heterocycles. The summed E-state index contributed by atoms with van der Waals surface area (Å²) in [7, 11) is 1.57. The van der Waals surface area contributed by atoms with Gasteiger partial charge >= 0.3 is 0 Å². The van der Waals surface area contributed by atoms with E-state index in [1.54, 1.807) is 25.3 Å². The Hall–Kier alpha value is -2.04. The van der Waals surface area contributed by atoms with Crippen molar-refractivity contribution in [1.29, 1.82) is 0 Å². The summed E-state index contributed by atoms with van der Waals surface area (Å²) < 4.78 is 11.1. The van der Waals surface area contributed by atoms with Gasteiger partial charge in [0.05, 0.1) is 13.7 Å². The number of aliphatic hydroxyl groups excluding tert-OH is 1. The molecule has 0 aliphatic carbocycles. The van der Waals surface area contributed by atoms with Crippen molar-refractivity contribution < 1.29 is 14.6 Å². The summed E-state index contributed by atoms with van der Waals surface area (Å²) in [6.45, 7) is 1.90. The van der Waals surface area contributed by atoms with Crippen LogP contribution in [0.1, 0.15) is 24.1 Å². The van der Waals surface area contributed by atoms with Crippen molar-refractivity contribution in [2.75, 3.05) is 7.11 Å². The monoisotopic (exact) mass is 273 g/mol. The Labute approximate surface area is 118 Å². The first-order chi connectivity index (χ1) is 9.63. The Balaban J connectivity index is 2.27. The van der Waals surface area contributed by atoms with E-state index in [4.69, 9.17) is 20.3 Å². The van der Waals surface area contributed by atoms with Crippen LogP contribution in [0.25, 0.3) is 0 Å². The fourth-order valence-corrected chi connectivity index (χ4v) is 1.88. The fraction of sp³-hybridized carbons (Fsp3) is 0.250. The third-order valence-electron chi connectivity index (χ3n) is 3.02. The molecule has 0 aliphatic rings. The minimum atomic E-state index is -0.0442. The van der Waals surface area contributed by atoms with E-state index in [-0.39, 0.29) is 12.6 Å². The smallest absolute Gasteiger partial charge is 0.169 e. The zero-order valence-corrected chi connectivity index (χ0v) is 11.7. The molecule has 0 spiro atoms. The molecule has 20 heavy (non-hydrogen) atoms. The molecule has 2 aromatic carbocycles. The summed E-state index contributed by atoms with van der Waals surface area (Å²) in [6, 6.07) is 12.9. The SMILES string of the molecule is COc1cc(CO)ccc1Oc1cccc(C(C)N)c1. The molecule has 0 saturated heterocycles. The summed E-state index contributed by atoms with van der Waals surface area (Å²) >= 11 is 0. The summed E-state index contributed by atoms with van der Waals surface area (Å²) in [5.41, 5.74) is 7.65. The Morgan fingerprint density at radius 3 is 2.60 bits per heavy atom. The number of hydrogen-bond acceptors (Lipinski definition) is 4. The van der Waals surface area contributed by atoms with Crippen molar-refractivity contribution in [1.82, 2.24) is 0 Å². The number of aliphatic hydroxyl groups is 1. The van der Waals surface area contributed by atoms with Gasteiger partial charge in [0.2, 0.25) is 0 Å². The molecule has 4 heteroatoms. The Kier molecular flexibility index (Phi) is 4.61. The van der Waals surface area contributed by atoms with Gasteiger partial charge in [-0.25, -0.2) is 0 Å². The average molecular weight is 273 g/mol. The maximum Gasteiger partial charge on any atom is 0.169 e. The third-order valence-corrected chi connectivity index (χ3v) is 3.02. The van der Waals surface area contributed by atoms with E-state index in [2.05, 4.69) is 0 Å². The van der Waals surface area contributed by atoms with Crippen LogP contribution in [-0.4, -0.2) is 12.2 Å². The first-order valence-electron chi connectivity index (χ1n) is 6.45. The van der Waals surface area contributed by atoms with Crippen molar-refractivity contribution in [3.63, 3.8) is 0 Å². The largest absolute Gasteiger partial charge is 0.493 e. The zero-order chi connectivity index (χ0) is 14.5. The molecule has 4 nitrogen and oxygen atoms in total. The highest BCUT2D eigenvalue weighted by Crippen LogP contribution is 2.33. The van der Waals surface area contributed by atoms with Gasteiger partial charge in [-0.2, -0.15) is 0 Å². The molecular formula is C16H19NO3. The van der Waals surface area contributed by atoms with E-state index in [9.17, 15) is 0 Å². The Morgan fingerprint density at radius 2 is 1.95 bits per heavy atom. The van der Waals surface area contributed by atoms with Crippen molar-refractivity contribution in [2.45, 2.75) is 19.6 Å². The zero-order valence-electron chi connectivity index (χ0n) is 11.7. The van der Waals surface area contributed by atoms with E-state index in [0.29, 0.717) is 17.2 Å². The van der Waals surface area contributed by atoms with Crippen molar-refractivity contribution >= 4 is 0 Å². The third kappa shape index (κ3) is 3.29. The molecule has 1 unspecified atom stereocenters. The standard InChI is InChI=1S/C16H19NO3/c1-11(17)13-4-3-5-14(9-13)20-15-7-6-12(10-18)8-16(15)19-2/h3-9,11,18H,10,17H2,1-2H3. The summed E-state index contributed by atoms with van der Waals surface area (Å²) in [6.07, 6.45) is 0. The van der Waals surface area contributed by atoms with Gasteiger partial charge in [0.1, 0.15) is 5.75 Å². The van der Waals surface area contributed by atoms with Gasteiger partial charge in [-0.3, -0.25) is 0 Å². The van der Waals surface area contributed by atoms with Crippen LogP contribution in [0.2, 0.25) is 0 Å².